The lowest BCUT2D eigenvalue weighted by molar-refractivity contribution is -0.133. The lowest BCUT2D eigenvalue weighted by Crippen LogP contribution is -2.12. The average Bonchev–Trinajstić information content (AvgIpc) is 2.91. The molecule has 1 heterocycles. The van der Waals surface area contributed by atoms with Gasteiger partial charge in [-0.3, -0.25) is 9.59 Å². The van der Waals surface area contributed by atoms with Crippen LogP contribution in [-0.2, 0) is 21.8 Å². The minimum atomic E-state index is -0.826. The van der Waals surface area contributed by atoms with E-state index in [-0.39, 0.29) is 11.7 Å². The Bertz CT molecular complexity index is 687. The number of aliphatic carboxylic acids is 1. The Kier molecular flexibility index (Phi) is 6.95. The van der Waals surface area contributed by atoms with Crippen molar-refractivity contribution in [1.29, 1.82) is 0 Å². The molecule has 0 bridgehead atoms. The summed E-state index contributed by atoms with van der Waals surface area (Å²) in [6.45, 7) is 0. The molecule has 2 aromatic rings. The number of thiophene rings is 1. The van der Waals surface area contributed by atoms with Crippen LogP contribution >= 0.6 is 34.7 Å². The molecule has 0 aliphatic rings. The number of halogens is 1. The third kappa shape index (κ3) is 6.64. The molecule has 0 fully saturated rings. The minimum Gasteiger partial charge on any atom is -0.481 e. The zero-order chi connectivity index (χ0) is 16.7. The van der Waals surface area contributed by atoms with Gasteiger partial charge in [0.05, 0.1) is 10.1 Å². The molecule has 0 atom stereocenters. The van der Waals surface area contributed by atoms with Crippen molar-refractivity contribution in [2.45, 2.75) is 18.6 Å². The minimum absolute atomic E-state index is 0.0511. The van der Waals surface area contributed by atoms with Crippen molar-refractivity contribution in [1.82, 2.24) is 0 Å². The zero-order valence-electron chi connectivity index (χ0n) is 12.3. The van der Waals surface area contributed by atoms with E-state index in [4.69, 9.17) is 16.7 Å². The van der Waals surface area contributed by atoms with Gasteiger partial charge in [0, 0.05) is 22.7 Å². The molecule has 23 heavy (non-hydrogen) atoms. The predicted molar refractivity (Wildman–Crippen MR) is 96.5 cm³/mol. The Morgan fingerprint density at radius 3 is 2.78 bits per heavy atom. The fourth-order valence-corrected chi connectivity index (χ4v) is 3.72. The summed E-state index contributed by atoms with van der Waals surface area (Å²) in [4.78, 5) is 23.6. The second-order valence-corrected chi connectivity index (χ2v) is 7.63. The number of carboxylic acids is 1. The number of carbonyl (C=O) groups excluding carboxylic acids is 1. The number of nitrogens with one attached hydrogen (secondary N) is 1. The molecule has 0 unspecified atom stereocenters. The predicted octanol–water partition coefficient (Wildman–Crippen LogP) is 4.29. The van der Waals surface area contributed by atoms with E-state index < -0.39 is 5.97 Å². The molecule has 2 rings (SSSR count). The molecule has 4 nitrogen and oxygen atoms in total. The van der Waals surface area contributed by atoms with Gasteiger partial charge in [-0.15, -0.1) is 23.1 Å². The highest BCUT2D eigenvalue weighted by atomic mass is 35.5. The molecule has 0 aliphatic heterocycles. The van der Waals surface area contributed by atoms with Gasteiger partial charge in [-0.05, 0) is 36.2 Å². The van der Waals surface area contributed by atoms with E-state index in [1.807, 2.05) is 36.4 Å². The number of rotatable bonds is 8. The van der Waals surface area contributed by atoms with E-state index in [0.29, 0.717) is 18.6 Å². The SMILES string of the molecule is O=C(O)CSCc1cccc(NC(=O)CCc2ccc(Cl)s2)c1. The van der Waals surface area contributed by atoms with E-state index in [1.54, 1.807) is 0 Å². The van der Waals surface area contributed by atoms with Gasteiger partial charge in [0.15, 0.2) is 0 Å². The summed E-state index contributed by atoms with van der Waals surface area (Å²) in [5.41, 5.74) is 1.71. The third-order valence-corrected chi connectivity index (χ3v) is 5.21. The van der Waals surface area contributed by atoms with E-state index >= 15 is 0 Å². The van der Waals surface area contributed by atoms with E-state index in [1.165, 1.54) is 23.1 Å². The highest BCUT2D eigenvalue weighted by Crippen LogP contribution is 2.23. The molecule has 0 saturated heterocycles. The summed E-state index contributed by atoms with van der Waals surface area (Å²) >= 11 is 8.68. The fourth-order valence-electron chi connectivity index (χ4n) is 1.94. The Morgan fingerprint density at radius 2 is 2.09 bits per heavy atom. The summed E-state index contributed by atoms with van der Waals surface area (Å²) in [5.74, 6) is -0.207. The standard InChI is InChI=1S/C16H16ClNO3S2/c17-14-6-4-13(23-14)5-7-15(19)18-12-3-1-2-11(8-12)9-22-10-16(20)21/h1-4,6,8H,5,7,9-10H2,(H,18,19)(H,20,21). The molecule has 0 aliphatic carbocycles. The van der Waals surface area contributed by atoms with Gasteiger partial charge < -0.3 is 10.4 Å². The highest BCUT2D eigenvalue weighted by Gasteiger charge is 2.06. The normalized spacial score (nSPS) is 10.5. The molecule has 122 valence electrons. The quantitative estimate of drug-likeness (QED) is 0.728. The van der Waals surface area contributed by atoms with Gasteiger partial charge in [-0.25, -0.2) is 0 Å². The second kappa shape index (κ2) is 8.96. The maximum absolute atomic E-state index is 12.0. The van der Waals surface area contributed by atoms with Crippen LogP contribution in [0.25, 0.3) is 0 Å². The summed E-state index contributed by atoms with van der Waals surface area (Å²) in [7, 11) is 0. The number of hydrogen-bond acceptors (Lipinski definition) is 4. The maximum Gasteiger partial charge on any atom is 0.313 e. The van der Waals surface area contributed by atoms with Gasteiger partial charge >= 0.3 is 5.97 Å². The monoisotopic (exact) mass is 369 g/mol. The number of carboxylic acid groups (broad SMARTS) is 1. The summed E-state index contributed by atoms with van der Waals surface area (Å²) in [6.07, 6.45) is 1.06. The maximum atomic E-state index is 12.0. The van der Waals surface area contributed by atoms with E-state index in [2.05, 4.69) is 5.32 Å². The third-order valence-electron chi connectivity index (χ3n) is 2.93. The van der Waals surface area contributed by atoms with Crippen LogP contribution in [0.5, 0.6) is 0 Å². The second-order valence-electron chi connectivity index (χ2n) is 4.84. The largest absolute Gasteiger partial charge is 0.481 e. The van der Waals surface area contributed by atoms with Crippen LogP contribution in [0.15, 0.2) is 36.4 Å². The molecule has 0 spiro atoms. The van der Waals surface area contributed by atoms with Crippen molar-refractivity contribution in [2.24, 2.45) is 0 Å². The Morgan fingerprint density at radius 1 is 1.26 bits per heavy atom. The summed E-state index contributed by atoms with van der Waals surface area (Å²) < 4.78 is 0.729. The number of anilines is 1. The molecular weight excluding hydrogens is 354 g/mol. The van der Waals surface area contributed by atoms with Gasteiger partial charge in [0.25, 0.3) is 0 Å². The average molecular weight is 370 g/mol. The van der Waals surface area contributed by atoms with Gasteiger partial charge in [0.2, 0.25) is 5.91 Å². The molecule has 1 aromatic carbocycles. The van der Waals surface area contributed by atoms with Crippen molar-refractivity contribution in [2.75, 3.05) is 11.1 Å². The number of amides is 1. The first kappa shape index (κ1) is 17.8. The van der Waals surface area contributed by atoms with Crippen molar-refractivity contribution in [3.05, 3.63) is 51.2 Å². The first-order valence-electron chi connectivity index (χ1n) is 6.95. The number of thioether (sulfide) groups is 1. The summed E-state index contributed by atoms with van der Waals surface area (Å²) in [5, 5.41) is 11.5. The molecule has 2 N–H and O–H groups in total. The Hall–Kier alpha value is -1.50. The van der Waals surface area contributed by atoms with Gasteiger partial charge in [-0.1, -0.05) is 23.7 Å². The molecule has 7 heteroatoms. The van der Waals surface area contributed by atoms with Crippen molar-refractivity contribution >= 4 is 52.3 Å². The first-order valence-corrected chi connectivity index (χ1v) is 9.30. The van der Waals surface area contributed by atoms with Crippen LogP contribution in [-0.4, -0.2) is 22.7 Å². The molecular formula is C16H16ClNO3S2. The van der Waals surface area contributed by atoms with Crippen LogP contribution in [0.2, 0.25) is 4.34 Å². The van der Waals surface area contributed by atoms with Crippen molar-refractivity contribution in [3.8, 4) is 0 Å². The first-order chi connectivity index (χ1) is 11.0. The molecule has 0 radical (unpaired) electrons. The summed E-state index contributed by atoms with van der Waals surface area (Å²) in [6, 6.07) is 11.2. The number of aryl methyl sites for hydroxylation is 1. The van der Waals surface area contributed by atoms with E-state index in [0.717, 1.165) is 20.5 Å². The van der Waals surface area contributed by atoms with E-state index in [9.17, 15) is 9.59 Å². The topological polar surface area (TPSA) is 66.4 Å². The number of carbonyl (C=O) groups is 2. The van der Waals surface area contributed by atoms with Gasteiger partial charge in [0.1, 0.15) is 0 Å². The van der Waals surface area contributed by atoms with Crippen LogP contribution in [0.4, 0.5) is 5.69 Å². The zero-order valence-corrected chi connectivity index (χ0v) is 14.6. The lowest BCUT2D eigenvalue weighted by Gasteiger charge is -2.07. The van der Waals surface area contributed by atoms with Crippen LogP contribution < -0.4 is 5.32 Å². The van der Waals surface area contributed by atoms with Crippen molar-refractivity contribution < 1.29 is 14.7 Å². The number of hydrogen-bond donors (Lipinski definition) is 2. The smallest absolute Gasteiger partial charge is 0.313 e. The van der Waals surface area contributed by atoms with Gasteiger partial charge in [-0.2, -0.15) is 0 Å². The molecule has 1 amide bonds. The van der Waals surface area contributed by atoms with Crippen LogP contribution in [0.3, 0.4) is 0 Å². The lowest BCUT2D eigenvalue weighted by atomic mass is 10.2. The van der Waals surface area contributed by atoms with Crippen LogP contribution in [0.1, 0.15) is 16.9 Å². The number of benzene rings is 1. The highest BCUT2D eigenvalue weighted by molar-refractivity contribution is 7.99. The van der Waals surface area contributed by atoms with Crippen LogP contribution in [0, 0.1) is 0 Å². The Labute approximate surface area is 147 Å². The Balaban J connectivity index is 1.81. The molecule has 0 saturated carbocycles. The molecule has 1 aromatic heterocycles. The fraction of sp³-hybridized carbons (Fsp3) is 0.250. The van der Waals surface area contributed by atoms with Crippen molar-refractivity contribution in [3.63, 3.8) is 0 Å².